The third-order valence-corrected chi connectivity index (χ3v) is 3.74. The molecule has 0 radical (unpaired) electrons. The number of hydrogen-bond donors (Lipinski definition) is 1. The van der Waals surface area contributed by atoms with Crippen LogP contribution in [0.25, 0.3) is 0 Å². The van der Waals surface area contributed by atoms with E-state index in [1.54, 1.807) is 6.92 Å². The van der Waals surface area contributed by atoms with Gasteiger partial charge in [0.2, 0.25) is 0 Å². The summed E-state index contributed by atoms with van der Waals surface area (Å²) in [5, 5.41) is 3.30. The van der Waals surface area contributed by atoms with E-state index in [9.17, 15) is 4.79 Å². The minimum Gasteiger partial charge on any atom is -0.463 e. The molecule has 120 valence electrons. The van der Waals surface area contributed by atoms with Crippen molar-refractivity contribution >= 4 is 5.97 Å². The van der Waals surface area contributed by atoms with Gasteiger partial charge in [-0.15, -0.1) is 0 Å². The van der Waals surface area contributed by atoms with E-state index in [-0.39, 0.29) is 17.9 Å². The number of carbonyl (C=O) groups excluding carboxylic acids is 1. The van der Waals surface area contributed by atoms with Crippen molar-refractivity contribution in [1.82, 2.24) is 5.32 Å². The molecule has 0 aliphatic carbocycles. The van der Waals surface area contributed by atoms with Gasteiger partial charge in [-0.25, -0.2) is 4.79 Å². The number of hydrogen-bond acceptors (Lipinski definition) is 3. The Hall–Kier alpha value is -2.39. The van der Waals surface area contributed by atoms with Gasteiger partial charge in [0.05, 0.1) is 6.61 Å². The van der Waals surface area contributed by atoms with Crippen LogP contribution < -0.4 is 5.32 Å². The van der Waals surface area contributed by atoms with Crippen molar-refractivity contribution in [2.24, 2.45) is 0 Å². The second kappa shape index (κ2) is 8.91. The first-order chi connectivity index (χ1) is 11.3. The maximum Gasteiger partial charge on any atom is 0.330 e. The Kier molecular flexibility index (Phi) is 6.57. The van der Waals surface area contributed by atoms with E-state index >= 15 is 0 Å². The SMILES string of the molecule is CCOC(=O)C=CC(NC)C(c1ccccc1)c1ccccc1. The Bertz CT molecular complexity index is 583. The third kappa shape index (κ3) is 4.80. The quantitative estimate of drug-likeness (QED) is 0.628. The van der Waals surface area contributed by atoms with Gasteiger partial charge in [-0.2, -0.15) is 0 Å². The normalized spacial score (nSPS) is 12.5. The maximum atomic E-state index is 11.6. The predicted molar refractivity (Wildman–Crippen MR) is 93.3 cm³/mol. The molecule has 1 unspecified atom stereocenters. The van der Waals surface area contributed by atoms with Gasteiger partial charge in [0, 0.05) is 18.0 Å². The molecule has 2 aromatic rings. The molecule has 23 heavy (non-hydrogen) atoms. The van der Waals surface area contributed by atoms with Crippen LogP contribution in [0.1, 0.15) is 24.0 Å². The van der Waals surface area contributed by atoms with E-state index < -0.39 is 0 Å². The van der Waals surface area contributed by atoms with Crippen LogP contribution in [0, 0.1) is 0 Å². The maximum absolute atomic E-state index is 11.6. The molecular formula is C20H23NO2. The van der Waals surface area contributed by atoms with E-state index in [2.05, 4.69) is 29.6 Å². The van der Waals surface area contributed by atoms with Gasteiger partial charge in [-0.05, 0) is 25.1 Å². The first kappa shape index (κ1) is 17.0. The Morgan fingerprint density at radius 2 is 1.57 bits per heavy atom. The minimum atomic E-state index is -0.312. The lowest BCUT2D eigenvalue weighted by Crippen LogP contribution is -2.31. The van der Waals surface area contributed by atoms with Gasteiger partial charge in [0.15, 0.2) is 0 Å². The van der Waals surface area contributed by atoms with Crippen molar-refractivity contribution in [2.75, 3.05) is 13.7 Å². The van der Waals surface area contributed by atoms with E-state index in [0.29, 0.717) is 6.61 Å². The van der Waals surface area contributed by atoms with Crippen molar-refractivity contribution in [3.05, 3.63) is 83.9 Å². The van der Waals surface area contributed by atoms with E-state index in [1.165, 1.54) is 17.2 Å². The second-order valence-electron chi connectivity index (χ2n) is 5.22. The number of ether oxygens (including phenoxy) is 1. The number of benzene rings is 2. The molecular weight excluding hydrogens is 286 g/mol. The Labute approximate surface area is 138 Å². The van der Waals surface area contributed by atoms with Gasteiger partial charge < -0.3 is 10.1 Å². The fourth-order valence-corrected chi connectivity index (χ4v) is 2.67. The topological polar surface area (TPSA) is 38.3 Å². The molecule has 3 heteroatoms. The average Bonchev–Trinajstić information content (AvgIpc) is 2.60. The van der Waals surface area contributed by atoms with E-state index in [0.717, 1.165) is 0 Å². The van der Waals surface area contributed by atoms with Crippen LogP contribution >= 0.6 is 0 Å². The second-order valence-corrected chi connectivity index (χ2v) is 5.22. The molecule has 0 spiro atoms. The summed E-state index contributed by atoms with van der Waals surface area (Å²) in [5.74, 6) is -0.194. The zero-order valence-corrected chi connectivity index (χ0v) is 13.6. The monoisotopic (exact) mass is 309 g/mol. The van der Waals surface area contributed by atoms with Gasteiger partial charge >= 0.3 is 5.97 Å². The zero-order chi connectivity index (χ0) is 16.5. The fourth-order valence-electron chi connectivity index (χ4n) is 2.67. The summed E-state index contributed by atoms with van der Waals surface area (Å²) in [4.78, 5) is 11.6. The van der Waals surface area contributed by atoms with Crippen molar-refractivity contribution in [3.63, 3.8) is 0 Å². The smallest absolute Gasteiger partial charge is 0.330 e. The number of carbonyl (C=O) groups is 1. The summed E-state index contributed by atoms with van der Waals surface area (Å²) >= 11 is 0. The van der Waals surface area contributed by atoms with E-state index in [4.69, 9.17) is 4.74 Å². The highest BCUT2D eigenvalue weighted by molar-refractivity contribution is 5.82. The van der Waals surface area contributed by atoms with E-state index in [1.807, 2.05) is 49.5 Å². The van der Waals surface area contributed by atoms with Crippen molar-refractivity contribution in [1.29, 1.82) is 0 Å². The predicted octanol–water partition coefficient (Wildman–Crippen LogP) is 3.53. The van der Waals surface area contributed by atoms with Gasteiger partial charge in [0.25, 0.3) is 0 Å². The van der Waals surface area contributed by atoms with Gasteiger partial charge in [-0.1, -0.05) is 66.7 Å². The molecule has 0 heterocycles. The first-order valence-electron chi connectivity index (χ1n) is 7.88. The first-order valence-corrected chi connectivity index (χ1v) is 7.88. The molecule has 0 amide bonds. The molecule has 2 rings (SSSR count). The summed E-state index contributed by atoms with van der Waals surface area (Å²) in [6, 6.07) is 20.6. The van der Waals surface area contributed by atoms with Crippen LogP contribution in [0.4, 0.5) is 0 Å². The number of rotatable bonds is 7. The molecule has 0 saturated carbocycles. The summed E-state index contributed by atoms with van der Waals surface area (Å²) in [6.45, 7) is 2.19. The van der Waals surface area contributed by atoms with Gasteiger partial charge in [0.1, 0.15) is 0 Å². The molecule has 0 bridgehead atoms. The molecule has 3 nitrogen and oxygen atoms in total. The Balaban J connectivity index is 2.34. The highest BCUT2D eigenvalue weighted by atomic mass is 16.5. The molecule has 0 aromatic heterocycles. The standard InChI is InChI=1S/C20H23NO2/c1-3-23-19(22)15-14-18(21-2)20(16-10-6-4-7-11-16)17-12-8-5-9-13-17/h4-15,18,20-21H,3H2,1-2H3. The summed E-state index contributed by atoms with van der Waals surface area (Å²) in [5.41, 5.74) is 2.40. The molecule has 0 aliphatic rings. The molecule has 0 saturated heterocycles. The lowest BCUT2D eigenvalue weighted by molar-refractivity contribution is -0.137. The fraction of sp³-hybridized carbons (Fsp3) is 0.250. The number of likely N-dealkylation sites (N-methyl/N-ethyl adjacent to an activating group) is 1. The molecule has 1 N–H and O–H groups in total. The average molecular weight is 309 g/mol. The molecule has 1 atom stereocenters. The highest BCUT2D eigenvalue weighted by Gasteiger charge is 2.21. The van der Waals surface area contributed by atoms with Gasteiger partial charge in [-0.3, -0.25) is 0 Å². The summed E-state index contributed by atoms with van der Waals surface area (Å²) in [6.07, 6.45) is 3.38. The molecule has 0 fully saturated rings. The van der Waals surface area contributed by atoms with Crippen LogP contribution in [-0.4, -0.2) is 25.7 Å². The summed E-state index contributed by atoms with van der Waals surface area (Å²) < 4.78 is 4.97. The van der Waals surface area contributed by atoms with Crippen LogP contribution in [0.3, 0.4) is 0 Å². The van der Waals surface area contributed by atoms with Crippen molar-refractivity contribution in [3.8, 4) is 0 Å². The lowest BCUT2D eigenvalue weighted by atomic mass is 9.85. The van der Waals surface area contributed by atoms with Crippen LogP contribution in [-0.2, 0) is 9.53 Å². The molecule has 0 aliphatic heterocycles. The van der Waals surface area contributed by atoms with Crippen LogP contribution in [0.5, 0.6) is 0 Å². The minimum absolute atomic E-state index is 0.00999. The van der Waals surface area contributed by atoms with Crippen molar-refractivity contribution < 1.29 is 9.53 Å². The van der Waals surface area contributed by atoms with Crippen LogP contribution in [0.2, 0.25) is 0 Å². The summed E-state index contributed by atoms with van der Waals surface area (Å²) in [7, 11) is 1.90. The largest absolute Gasteiger partial charge is 0.463 e. The number of esters is 1. The highest BCUT2D eigenvalue weighted by Crippen LogP contribution is 2.28. The Morgan fingerprint density at radius 3 is 2.00 bits per heavy atom. The van der Waals surface area contributed by atoms with Crippen LogP contribution in [0.15, 0.2) is 72.8 Å². The lowest BCUT2D eigenvalue weighted by Gasteiger charge is -2.25. The third-order valence-electron chi connectivity index (χ3n) is 3.74. The zero-order valence-electron chi connectivity index (χ0n) is 13.6. The van der Waals surface area contributed by atoms with Crippen molar-refractivity contribution in [2.45, 2.75) is 18.9 Å². The number of nitrogens with one attached hydrogen (secondary N) is 1. The Morgan fingerprint density at radius 1 is 1.04 bits per heavy atom. The molecule has 2 aromatic carbocycles.